The molecule has 0 spiro atoms. The molecule has 0 aliphatic carbocycles. The van der Waals surface area contributed by atoms with E-state index in [4.69, 9.17) is 4.74 Å². The van der Waals surface area contributed by atoms with Crippen molar-refractivity contribution in [3.05, 3.63) is 18.1 Å². The van der Waals surface area contributed by atoms with Crippen molar-refractivity contribution in [2.24, 2.45) is 0 Å². The lowest BCUT2D eigenvalue weighted by Crippen LogP contribution is -2.16. The van der Waals surface area contributed by atoms with Crippen molar-refractivity contribution >= 4 is 28.3 Å². The molecule has 3 aromatic heterocycles. The van der Waals surface area contributed by atoms with Gasteiger partial charge in [-0.3, -0.25) is 4.68 Å². The summed E-state index contributed by atoms with van der Waals surface area (Å²) in [6.45, 7) is 3.87. The number of ether oxygens (including phenoxy) is 1. The molecular formula is C16H22N8O2S. The van der Waals surface area contributed by atoms with E-state index in [1.807, 2.05) is 17.8 Å². The van der Waals surface area contributed by atoms with Crippen molar-refractivity contribution in [2.45, 2.75) is 24.5 Å². The number of anilines is 2. The number of nitrogens with zero attached hydrogens (tertiary/aromatic N) is 7. The molecule has 0 bridgehead atoms. The quantitative estimate of drug-likeness (QED) is 0.643. The van der Waals surface area contributed by atoms with Gasteiger partial charge in [-0.05, 0) is 26.9 Å². The molecule has 144 valence electrons. The van der Waals surface area contributed by atoms with Gasteiger partial charge in [0, 0.05) is 17.7 Å². The number of likely N-dealkylation sites (tertiary alicyclic amines) is 1. The van der Waals surface area contributed by atoms with Crippen LogP contribution in [0.15, 0.2) is 17.6 Å². The number of fused-ring (bicyclic) bond motifs is 1. The molecule has 27 heavy (non-hydrogen) atoms. The Kier molecular flexibility index (Phi) is 4.66. The highest BCUT2D eigenvalue weighted by atomic mass is 32.2. The van der Waals surface area contributed by atoms with Crippen LogP contribution in [-0.2, 0) is 11.2 Å². The largest absolute Gasteiger partial charge is 0.609 e. The highest BCUT2D eigenvalue weighted by Gasteiger charge is 2.25. The normalized spacial score (nSPS) is 18.9. The average Bonchev–Trinajstić information content (AvgIpc) is 3.34. The van der Waals surface area contributed by atoms with E-state index in [-0.39, 0.29) is 5.16 Å². The van der Waals surface area contributed by atoms with Crippen LogP contribution < -0.4 is 10.1 Å². The molecule has 2 unspecified atom stereocenters. The van der Waals surface area contributed by atoms with Gasteiger partial charge in [-0.15, -0.1) is 5.10 Å². The van der Waals surface area contributed by atoms with Crippen LogP contribution in [0.3, 0.4) is 0 Å². The molecular weight excluding hydrogens is 368 g/mol. The fourth-order valence-electron chi connectivity index (χ4n) is 3.23. The minimum Gasteiger partial charge on any atom is -0.609 e. The Labute approximate surface area is 159 Å². The van der Waals surface area contributed by atoms with Gasteiger partial charge in [0.05, 0.1) is 31.2 Å². The second kappa shape index (κ2) is 6.98. The molecule has 1 fully saturated rings. The lowest BCUT2D eigenvalue weighted by atomic mass is 10.3. The molecule has 0 radical (unpaired) electrons. The zero-order chi connectivity index (χ0) is 19.1. The van der Waals surface area contributed by atoms with E-state index in [1.165, 1.54) is 0 Å². The van der Waals surface area contributed by atoms with E-state index in [1.54, 1.807) is 24.1 Å². The van der Waals surface area contributed by atoms with Gasteiger partial charge >= 0.3 is 5.16 Å². The second-order valence-corrected chi connectivity index (χ2v) is 7.97. The van der Waals surface area contributed by atoms with Crippen molar-refractivity contribution in [3.8, 4) is 5.88 Å². The summed E-state index contributed by atoms with van der Waals surface area (Å²) in [6.07, 6.45) is 6.20. The number of hydrogen-bond donors (Lipinski definition) is 1. The van der Waals surface area contributed by atoms with Crippen molar-refractivity contribution < 1.29 is 9.29 Å². The molecule has 11 heteroatoms. The standard InChI is InChI=1S/C16H22N8O2S/c1-10-7-17-14-13(19-16(27(4)25)21-24(10)14)18-12-9-23(20-15(12)26-3)11-5-6-22(2)8-11/h7,9,11H,5-6,8H2,1-4H3,(H,18,19,21). The molecule has 3 aromatic rings. The third-order valence-electron chi connectivity index (χ3n) is 4.66. The Balaban J connectivity index is 1.72. The smallest absolute Gasteiger partial charge is 0.361 e. The highest BCUT2D eigenvalue weighted by Crippen LogP contribution is 2.30. The highest BCUT2D eigenvalue weighted by molar-refractivity contribution is 7.90. The lowest BCUT2D eigenvalue weighted by molar-refractivity contribution is 0.362. The first-order valence-electron chi connectivity index (χ1n) is 8.60. The molecule has 1 N–H and O–H groups in total. The van der Waals surface area contributed by atoms with Crippen LogP contribution in [0, 0.1) is 6.92 Å². The van der Waals surface area contributed by atoms with Crippen LogP contribution in [0.5, 0.6) is 5.88 Å². The molecule has 4 rings (SSSR count). The zero-order valence-electron chi connectivity index (χ0n) is 15.7. The molecule has 1 saturated heterocycles. The zero-order valence-corrected chi connectivity index (χ0v) is 16.5. The summed E-state index contributed by atoms with van der Waals surface area (Å²) in [4.78, 5) is 11.0. The monoisotopic (exact) mass is 390 g/mol. The Morgan fingerprint density at radius 2 is 2.19 bits per heavy atom. The first kappa shape index (κ1) is 18.0. The van der Waals surface area contributed by atoms with E-state index >= 15 is 0 Å². The molecule has 0 amide bonds. The average molecular weight is 390 g/mol. The molecule has 4 heterocycles. The van der Waals surface area contributed by atoms with Crippen molar-refractivity contribution in [2.75, 3.05) is 38.8 Å². The third kappa shape index (κ3) is 3.33. The Morgan fingerprint density at radius 1 is 1.37 bits per heavy atom. The van der Waals surface area contributed by atoms with Gasteiger partial charge in [0.2, 0.25) is 0 Å². The number of hydrogen-bond acceptors (Lipinski definition) is 8. The summed E-state index contributed by atoms with van der Waals surface area (Å²) in [5.74, 6) is 0.938. The molecule has 0 saturated carbocycles. The van der Waals surface area contributed by atoms with Gasteiger partial charge in [-0.1, -0.05) is 5.10 Å². The van der Waals surface area contributed by atoms with E-state index < -0.39 is 11.2 Å². The molecule has 1 aliphatic rings. The maximum absolute atomic E-state index is 11.9. The van der Waals surface area contributed by atoms with Gasteiger partial charge in [-0.2, -0.15) is 4.98 Å². The van der Waals surface area contributed by atoms with Gasteiger partial charge < -0.3 is 19.5 Å². The van der Waals surface area contributed by atoms with Gasteiger partial charge in [-0.25, -0.2) is 9.50 Å². The van der Waals surface area contributed by atoms with Gasteiger partial charge in [0.1, 0.15) is 11.9 Å². The maximum atomic E-state index is 11.9. The number of nitrogens with one attached hydrogen (secondary N) is 1. The minimum atomic E-state index is -1.32. The summed E-state index contributed by atoms with van der Waals surface area (Å²) in [5.41, 5.74) is 2.07. The van der Waals surface area contributed by atoms with E-state index in [2.05, 4.69) is 37.4 Å². The number of aryl methyl sites for hydroxylation is 1. The van der Waals surface area contributed by atoms with E-state index in [9.17, 15) is 4.55 Å². The predicted octanol–water partition coefficient (Wildman–Crippen LogP) is 0.995. The Bertz CT molecular complexity index is 969. The number of methoxy groups -OCH3 is 1. The summed E-state index contributed by atoms with van der Waals surface area (Å²) in [6, 6.07) is 0.303. The number of aromatic nitrogens is 6. The predicted molar refractivity (Wildman–Crippen MR) is 101 cm³/mol. The Hall–Kier alpha value is -2.37. The SMILES string of the molecule is COc1nn(C2CCN(C)C2)cc1Nc1nc([S+](C)[O-])nn2c(C)cnc12. The van der Waals surface area contributed by atoms with Crippen LogP contribution in [-0.4, -0.2) is 72.3 Å². The summed E-state index contributed by atoms with van der Waals surface area (Å²) in [5, 5.41) is 12.3. The van der Waals surface area contributed by atoms with Crippen molar-refractivity contribution in [1.82, 2.24) is 34.3 Å². The number of imidazole rings is 1. The molecule has 0 aromatic carbocycles. The lowest BCUT2D eigenvalue weighted by Gasteiger charge is -2.10. The molecule has 1 aliphatic heterocycles. The van der Waals surface area contributed by atoms with Crippen LogP contribution in [0.1, 0.15) is 18.2 Å². The van der Waals surface area contributed by atoms with E-state index in [0.29, 0.717) is 29.1 Å². The molecule has 2 atom stereocenters. The van der Waals surface area contributed by atoms with Gasteiger partial charge in [0.15, 0.2) is 11.5 Å². The first-order valence-corrected chi connectivity index (χ1v) is 10.2. The summed E-state index contributed by atoms with van der Waals surface area (Å²) in [7, 11) is 3.69. The summed E-state index contributed by atoms with van der Waals surface area (Å²) >= 11 is -1.32. The fraction of sp³-hybridized carbons (Fsp3) is 0.500. The minimum absolute atomic E-state index is 0.231. The first-order chi connectivity index (χ1) is 13.0. The third-order valence-corrected chi connectivity index (χ3v) is 5.34. The maximum Gasteiger partial charge on any atom is 0.361 e. The van der Waals surface area contributed by atoms with Crippen LogP contribution in [0.4, 0.5) is 11.5 Å². The second-order valence-electron chi connectivity index (χ2n) is 6.69. The van der Waals surface area contributed by atoms with Gasteiger partial charge in [0.25, 0.3) is 5.88 Å². The molecule has 10 nitrogen and oxygen atoms in total. The summed E-state index contributed by atoms with van der Waals surface area (Å²) < 4.78 is 20.9. The van der Waals surface area contributed by atoms with E-state index in [0.717, 1.165) is 25.2 Å². The number of likely N-dealkylation sites (N-methyl/N-ethyl adjacent to an activating group) is 1. The topological polar surface area (TPSA) is 108 Å². The Morgan fingerprint density at radius 3 is 2.85 bits per heavy atom. The van der Waals surface area contributed by atoms with Crippen LogP contribution in [0.25, 0.3) is 5.65 Å². The van der Waals surface area contributed by atoms with Crippen molar-refractivity contribution in [3.63, 3.8) is 0 Å². The van der Waals surface area contributed by atoms with Crippen LogP contribution >= 0.6 is 0 Å². The van der Waals surface area contributed by atoms with Crippen molar-refractivity contribution in [1.29, 1.82) is 0 Å². The fourth-order valence-corrected chi connectivity index (χ4v) is 3.65. The van der Waals surface area contributed by atoms with Crippen LogP contribution in [0.2, 0.25) is 0 Å². The number of rotatable bonds is 5.